The predicted molar refractivity (Wildman–Crippen MR) is 121 cm³/mol. The summed E-state index contributed by atoms with van der Waals surface area (Å²) in [6, 6.07) is 15.5. The molecule has 0 spiro atoms. The molecule has 1 aliphatic heterocycles. The van der Waals surface area contributed by atoms with Gasteiger partial charge in [-0.3, -0.25) is 9.59 Å². The topological polar surface area (TPSA) is 61.2 Å². The van der Waals surface area contributed by atoms with Crippen LogP contribution in [0.4, 0.5) is 18.9 Å². The largest absolute Gasteiger partial charge is 0.309 e. The fourth-order valence-corrected chi connectivity index (χ4v) is 4.29. The number of anilines is 1. The zero-order valence-corrected chi connectivity index (χ0v) is 18.4. The van der Waals surface area contributed by atoms with Gasteiger partial charge < -0.3 is 4.90 Å². The van der Waals surface area contributed by atoms with Gasteiger partial charge in [0, 0.05) is 36.4 Å². The van der Waals surface area contributed by atoms with Crippen LogP contribution in [0.15, 0.2) is 54.6 Å². The van der Waals surface area contributed by atoms with Crippen molar-refractivity contribution in [2.75, 3.05) is 11.4 Å². The second-order valence-corrected chi connectivity index (χ2v) is 8.41. The Bertz CT molecular complexity index is 1330. The minimum atomic E-state index is -1.19. The van der Waals surface area contributed by atoms with E-state index in [4.69, 9.17) is 0 Å². The lowest BCUT2D eigenvalue weighted by Gasteiger charge is -2.19. The van der Waals surface area contributed by atoms with Crippen LogP contribution in [0.1, 0.15) is 29.5 Å². The fourth-order valence-electron chi connectivity index (χ4n) is 4.29. The molecular formula is C27H21F3N2O2. The maximum atomic E-state index is 15.0. The molecule has 34 heavy (non-hydrogen) atoms. The van der Waals surface area contributed by atoms with Crippen molar-refractivity contribution >= 4 is 17.4 Å². The molecule has 1 fully saturated rings. The second kappa shape index (κ2) is 9.52. The van der Waals surface area contributed by atoms with Crippen LogP contribution in [0.5, 0.6) is 0 Å². The molecule has 0 N–H and O–H groups in total. The molecule has 3 aromatic rings. The van der Waals surface area contributed by atoms with Crippen LogP contribution in [0.25, 0.3) is 11.1 Å². The quantitative estimate of drug-likeness (QED) is 0.486. The van der Waals surface area contributed by atoms with Gasteiger partial charge in [0.05, 0.1) is 17.3 Å². The summed E-state index contributed by atoms with van der Waals surface area (Å²) in [6.45, 7) is 1.89. The summed E-state index contributed by atoms with van der Waals surface area (Å²) in [7, 11) is 0. The maximum absolute atomic E-state index is 15.0. The van der Waals surface area contributed by atoms with Gasteiger partial charge in [-0.25, -0.2) is 13.2 Å². The number of nitriles is 1. The summed E-state index contributed by atoms with van der Waals surface area (Å²) < 4.78 is 44.0. The van der Waals surface area contributed by atoms with Crippen LogP contribution in [-0.2, 0) is 16.0 Å². The Kier molecular flexibility index (Phi) is 6.51. The molecule has 3 aromatic carbocycles. The van der Waals surface area contributed by atoms with Gasteiger partial charge in [-0.2, -0.15) is 5.26 Å². The van der Waals surface area contributed by atoms with Crippen LogP contribution in [-0.4, -0.2) is 18.2 Å². The Morgan fingerprint density at radius 2 is 1.82 bits per heavy atom. The van der Waals surface area contributed by atoms with Crippen LogP contribution in [0.3, 0.4) is 0 Å². The lowest BCUT2D eigenvalue weighted by atomic mass is 9.96. The third-order valence-electron chi connectivity index (χ3n) is 6.08. The van der Waals surface area contributed by atoms with Crippen LogP contribution < -0.4 is 4.90 Å². The van der Waals surface area contributed by atoms with Crippen LogP contribution >= 0.6 is 0 Å². The number of hydrogen-bond donors (Lipinski definition) is 0. The standard InChI is InChI=1S/C27H21F3N2O2/c1-16-6-7-17(23(28)12-16)13-20(33)14-18-10-11-32(27(18)34)24-9-8-22(25(29)26(24)30)21-5-3-2-4-19(21)15-31/h2-9,12,18H,10-11,13-14H2,1H3/t18-/m0/s1. The zero-order valence-electron chi connectivity index (χ0n) is 18.4. The van der Waals surface area contributed by atoms with Gasteiger partial charge in [-0.15, -0.1) is 0 Å². The average molecular weight is 462 g/mol. The number of nitrogens with zero attached hydrogens (tertiary/aromatic N) is 2. The van der Waals surface area contributed by atoms with Gasteiger partial charge in [0.25, 0.3) is 0 Å². The number of rotatable bonds is 6. The van der Waals surface area contributed by atoms with Crippen LogP contribution in [0, 0.1) is 41.6 Å². The molecule has 7 heteroatoms. The number of benzene rings is 3. The number of aryl methyl sites for hydroxylation is 1. The Hall–Kier alpha value is -3.92. The number of ketones is 1. The first-order valence-electron chi connectivity index (χ1n) is 10.9. The summed E-state index contributed by atoms with van der Waals surface area (Å²) in [6.07, 6.45) is 0.0767. The van der Waals surface area contributed by atoms with Gasteiger partial charge in [0.1, 0.15) is 11.6 Å². The number of amides is 1. The van der Waals surface area contributed by atoms with E-state index in [1.165, 1.54) is 30.3 Å². The molecule has 4 nitrogen and oxygen atoms in total. The maximum Gasteiger partial charge on any atom is 0.230 e. The van der Waals surface area contributed by atoms with Crippen molar-refractivity contribution in [1.29, 1.82) is 5.26 Å². The molecule has 0 aliphatic carbocycles. The first-order valence-corrected chi connectivity index (χ1v) is 10.9. The van der Waals surface area contributed by atoms with E-state index in [0.29, 0.717) is 6.42 Å². The Morgan fingerprint density at radius 1 is 1.06 bits per heavy atom. The molecule has 0 unspecified atom stereocenters. The highest BCUT2D eigenvalue weighted by atomic mass is 19.2. The molecule has 1 saturated heterocycles. The Morgan fingerprint density at radius 3 is 2.56 bits per heavy atom. The SMILES string of the molecule is Cc1ccc(CC(=O)C[C@@H]2CCN(c3ccc(-c4ccccc4C#N)c(F)c3F)C2=O)c(F)c1. The average Bonchev–Trinajstić information content (AvgIpc) is 3.17. The molecule has 1 aliphatic rings. The van der Waals surface area contributed by atoms with Crippen molar-refractivity contribution < 1.29 is 22.8 Å². The van der Waals surface area contributed by atoms with Gasteiger partial charge in [0.2, 0.25) is 5.91 Å². The van der Waals surface area contributed by atoms with Gasteiger partial charge >= 0.3 is 0 Å². The number of carbonyl (C=O) groups is 2. The normalized spacial score (nSPS) is 15.4. The second-order valence-electron chi connectivity index (χ2n) is 8.41. The lowest BCUT2D eigenvalue weighted by Crippen LogP contribution is -2.29. The van der Waals surface area contributed by atoms with Crippen molar-refractivity contribution in [2.24, 2.45) is 5.92 Å². The van der Waals surface area contributed by atoms with Crippen molar-refractivity contribution in [2.45, 2.75) is 26.2 Å². The molecule has 0 radical (unpaired) electrons. The molecule has 1 atom stereocenters. The van der Waals surface area contributed by atoms with Crippen molar-refractivity contribution in [3.05, 3.63) is 88.7 Å². The highest BCUT2D eigenvalue weighted by Gasteiger charge is 2.36. The van der Waals surface area contributed by atoms with E-state index in [1.807, 2.05) is 6.07 Å². The van der Waals surface area contributed by atoms with E-state index < -0.39 is 29.3 Å². The molecule has 1 amide bonds. The van der Waals surface area contributed by atoms with Crippen molar-refractivity contribution in [1.82, 2.24) is 0 Å². The van der Waals surface area contributed by atoms with Gasteiger partial charge in [-0.1, -0.05) is 30.3 Å². The molecule has 0 bridgehead atoms. The minimum absolute atomic E-state index is 0.0723. The summed E-state index contributed by atoms with van der Waals surface area (Å²) in [4.78, 5) is 26.5. The summed E-state index contributed by atoms with van der Waals surface area (Å²) in [5.74, 6) is -4.25. The molecule has 0 aromatic heterocycles. The zero-order chi connectivity index (χ0) is 24.4. The highest BCUT2D eigenvalue weighted by molar-refractivity contribution is 6.00. The number of carbonyl (C=O) groups excluding carboxylic acids is 2. The molecule has 4 rings (SSSR count). The monoisotopic (exact) mass is 462 g/mol. The summed E-state index contributed by atoms with van der Waals surface area (Å²) in [5, 5.41) is 9.26. The third kappa shape index (κ3) is 4.44. The summed E-state index contributed by atoms with van der Waals surface area (Å²) in [5.41, 5.74) is 1.19. The van der Waals surface area contributed by atoms with E-state index >= 15 is 4.39 Å². The lowest BCUT2D eigenvalue weighted by molar-refractivity contribution is -0.125. The Labute approximate surface area is 195 Å². The molecule has 172 valence electrons. The smallest absolute Gasteiger partial charge is 0.230 e. The van der Waals surface area contributed by atoms with Crippen molar-refractivity contribution in [3.63, 3.8) is 0 Å². The highest BCUT2D eigenvalue weighted by Crippen LogP contribution is 2.35. The Balaban J connectivity index is 1.51. The molecule has 0 saturated carbocycles. The number of Topliss-reactive ketones (excluding diaryl/α,β-unsaturated/α-hetero) is 1. The first kappa shape index (κ1) is 23.2. The minimum Gasteiger partial charge on any atom is -0.309 e. The van der Waals surface area contributed by atoms with Crippen LogP contribution in [0.2, 0.25) is 0 Å². The number of halogens is 3. The number of hydrogen-bond acceptors (Lipinski definition) is 3. The van der Waals surface area contributed by atoms with E-state index in [0.717, 1.165) is 10.5 Å². The third-order valence-corrected chi connectivity index (χ3v) is 6.08. The molecule has 1 heterocycles. The predicted octanol–water partition coefficient (Wildman–Crippen LogP) is 5.51. The van der Waals surface area contributed by atoms with Gasteiger partial charge in [-0.05, 0) is 48.7 Å². The first-order chi connectivity index (χ1) is 16.3. The van der Waals surface area contributed by atoms with E-state index in [2.05, 4.69) is 0 Å². The van der Waals surface area contributed by atoms with Gasteiger partial charge in [0.15, 0.2) is 11.6 Å². The fraction of sp³-hybridized carbons (Fsp3) is 0.222. The van der Waals surface area contributed by atoms with E-state index in [9.17, 15) is 23.6 Å². The van der Waals surface area contributed by atoms with E-state index in [-0.39, 0.29) is 53.1 Å². The summed E-state index contributed by atoms with van der Waals surface area (Å²) >= 11 is 0. The van der Waals surface area contributed by atoms with E-state index in [1.54, 1.807) is 31.2 Å². The molecular weight excluding hydrogens is 441 g/mol. The van der Waals surface area contributed by atoms with Crippen molar-refractivity contribution in [3.8, 4) is 17.2 Å².